The number of aliphatic carboxylic acids is 1. The molecule has 21 heavy (non-hydrogen) atoms. The molecule has 1 aromatic carbocycles. The zero-order chi connectivity index (χ0) is 16.0. The molecule has 1 unspecified atom stereocenters. The van der Waals surface area contributed by atoms with Crippen molar-refractivity contribution in [1.82, 2.24) is 4.72 Å². The molecule has 6 nitrogen and oxygen atoms in total. The molecule has 1 rings (SSSR count). The Labute approximate surface area is 132 Å². The van der Waals surface area contributed by atoms with E-state index in [4.69, 9.17) is 9.84 Å². The highest BCUT2D eigenvalue weighted by atomic mass is 79.9. The summed E-state index contributed by atoms with van der Waals surface area (Å²) in [5.74, 6) is -1.04. The maximum Gasteiger partial charge on any atom is 0.321 e. The zero-order valence-corrected chi connectivity index (χ0v) is 14.2. The molecule has 118 valence electrons. The molecule has 0 heterocycles. The van der Waals surface area contributed by atoms with E-state index in [1.54, 1.807) is 6.07 Å². The lowest BCUT2D eigenvalue weighted by atomic mass is 10.1. The lowest BCUT2D eigenvalue weighted by Crippen LogP contribution is -2.40. The van der Waals surface area contributed by atoms with Gasteiger partial charge >= 0.3 is 5.97 Å². The first-order valence-electron chi connectivity index (χ1n) is 6.40. The van der Waals surface area contributed by atoms with Crippen LogP contribution >= 0.6 is 15.9 Å². The van der Waals surface area contributed by atoms with Crippen LogP contribution in [0.25, 0.3) is 0 Å². The third-order valence-corrected chi connectivity index (χ3v) is 4.84. The summed E-state index contributed by atoms with van der Waals surface area (Å²) in [5.41, 5.74) is 0. The Hall–Kier alpha value is -1.12. The van der Waals surface area contributed by atoms with E-state index in [1.807, 2.05) is 6.92 Å². The average Bonchev–Trinajstić information content (AvgIpc) is 2.43. The van der Waals surface area contributed by atoms with Gasteiger partial charge in [0.1, 0.15) is 16.7 Å². The van der Waals surface area contributed by atoms with Crippen molar-refractivity contribution >= 4 is 31.9 Å². The Bertz CT molecular complexity index is 603. The lowest BCUT2D eigenvalue weighted by Gasteiger charge is -2.16. The van der Waals surface area contributed by atoms with Gasteiger partial charge in [0.15, 0.2) is 0 Å². The molecule has 1 aromatic rings. The third-order valence-electron chi connectivity index (χ3n) is 2.86. The first-order valence-corrected chi connectivity index (χ1v) is 8.68. The van der Waals surface area contributed by atoms with Gasteiger partial charge < -0.3 is 9.84 Å². The number of halogens is 1. The predicted octanol–water partition coefficient (Wildman–Crippen LogP) is 2.38. The summed E-state index contributed by atoms with van der Waals surface area (Å²) in [6, 6.07) is 3.36. The van der Waals surface area contributed by atoms with E-state index >= 15 is 0 Å². The van der Waals surface area contributed by atoms with E-state index in [9.17, 15) is 13.2 Å². The van der Waals surface area contributed by atoms with Crippen LogP contribution in [0.4, 0.5) is 0 Å². The van der Waals surface area contributed by atoms with Crippen molar-refractivity contribution in [3.8, 4) is 5.75 Å². The maximum absolute atomic E-state index is 12.4. The van der Waals surface area contributed by atoms with Crippen LogP contribution in [-0.4, -0.2) is 32.6 Å². The number of nitrogens with one attached hydrogen (secondary N) is 1. The van der Waals surface area contributed by atoms with Crippen LogP contribution in [0.15, 0.2) is 27.6 Å². The van der Waals surface area contributed by atoms with Crippen molar-refractivity contribution in [3.05, 3.63) is 22.7 Å². The second-order valence-corrected chi connectivity index (χ2v) is 7.05. The minimum absolute atomic E-state index is 0.0953. The van der Waals surface area contributed by atoms with Crippen LogP contribution < -0.4 is 9.46 Å². The number of carboxylic acids is 1. The first-order chi connectivity index (χ1) is 9.81. The Morgan fingerprint density at radius 1 is 1.48 bits per heavy atom. The minimum Gasteiger partial charge on any atom is -0.495 e. The van der Waals surface area contributed by atoms with E-state index in [-0.39, 0.29) is 17.1 Å². The summed E-state index contributed by atoms with van der Waals surface area (Å²) >= 11 is 3.19. The molecule has 8 heteroatoms. The number of carboxylic acid groups (broad SMARTS) is 1. The fourth-order valence-electron chi connectivity index (χ4n) is 1.75. The predicted molar refractivity (Wildman–Crippen MR) is 82.0 cm³/mol. The normalized spacial score (nSPS) is 12.9. The van der Waals surface area contributed by atoms with Crippen molar-refractivity contribution in [2.24, 2.45) is 0 Å². The van der Waals surface area contributed by atoms with Gasteiger partial charge in [-0.1, -0.05) is 35.7 Å². The fraction of sp³-hybridized carbons (Fsp3) is 0.462. The smallest absolute Gasteiger partial charge is 0.321 e. The highest BCUT2D eigenvalue weighted by Gasteiger charge is 2.27. The topological polar surface area (TPSA) is 92.7 Å². The number of hydrogen-bond donors (Lipinski definition) is 2. The molecule has 0 saturated heterocycles. The number of rotatable bonds is 8. The van der Waals surface area contributed by atoms with Gasteiger partial charge in [0.05, 0.1) is 7.11 Å². The van der Waals surface area contributed by atoms with Crippen LogP contribution in [0.3, 0.4) is 0 Å². The van der Waals surface area contributed by atoms with Crippen LogP contribution in [0.5, 0.6) is 5.75 Å². The zero-order valence-electron chi connectivity index (χ0n) is 11.8. The van der Waals surface area contributed by atoms with Gasteiger partial charge in [0.25, 0.3) is 0 Å². The number of benzene rings is 1. The molecule has 0 aromatic heterocycles. The molecule has 0 aliphatic heterocycles. The monoisotopic (exact) mass is 379 g/mol. The SMILES string of the molecule is CCCCC(NS(=O)(=O)c1cc(Br)ccc1OC)C(=O)O. The molecule has 1 atom stereocenters. The molecule has 0 fully saturated rings. The van der Waals surface area contributed by atoms with Crippen LogP contribution in [0.2, 0.25) is 0 Å². The Morgan fingerprint density at radius 3 is 2.67 bits per heavy atom. The lowest BCUT2D eigenvalue weighted by molar-refractivity contribution is -0.139. The standard InChI is InChI=1S/C13H18BrNO5S/c1-3-4-5-10(13(16)17)15-21(18,19)12-8-9(14)6-7-11(12)20-2/h6-8,10,15H,3-5H2,1-2H3,(H,16,17). The third kappa shape index (κ3) is 4.98. The van der Waals surface area contributed by atoms with Crippen molar-refractivity contribution in [2.75, 3.05) is 7.11 Å². The second kappa shape index (κ2) is 7.77. The van der Waals surface area contributed by atoms with E-state index in [2.05, 4.69) is 20.7 Å². The molecule has 0 radical (unpaired) electrons. The molecule has 0 saturated carbocycles. The Kier molecular flexibility index (Phi) is 6.63. The summed E-state index contributed by atoms with van der Waals surface area (Å²) in [4.78, 5) is 11.1. The summed E-state index contributed by atoms with van der Waals surface area (Å²) in [7, 11) is -2.63. The van der Waals surface area contributed by atoms with Gasteiger partial charge in [-0.05, 0) is 24.6 Å². The summed E-state index contributed by atoms with van der Waals surface area (Å²) in [5, 5.41) is 9.12. The van der Waals surface area contributed by atoms with Crippen molar-refractivity contribution in [1.29, 1.82) is 0 Å². The Balaban J connectivity index is 3.09. The highest BCUT2D eigenvalue weighted by Crippen LogP contribution is 2.27. The molecule has 0 bridgehead atoms. The number of unbranched alkanes of at least 4 members (excludes halogenated alkanes) is 1. The first kappa shape index (κ1) is 17.9. The van der Waals surface area contributed by atoms with Crippen LogP contribution in [0, 0.1) is 0 Å². The molecule has 0 aliphatic rings. The van der Waals surface area contributed by atoms with Crippen molar-refractivity contribution in [3.63, 3.8) is 0 Å². The summed E-state index contributed by atoms with van der Waals surface area (Å²) in [6.07, 6.45) is 1.64. The maximum atomic E-state index is 12.4. The molecular formula is C13H18BrNO5S. The van der Waals surface area contributed by atoms with E-state index in [0.717, 1.165) is 6.42 Å². The van der Waals surface area contributed by atoms with Gasteiger partial charge in [0, 0.05) is 4.47 Å². The van der Waals surface area contributed by atoms with Gasteiger partial charge in [-0.15, -0.1) is 0 Å². The molecule has 0 spiro atoms. The minimum atomic E-state index is -3.99. The molecule has 0 amide bonds. The van der Waals surface area contributed by atoms with Crippen molar-refractivity contribution < 1.29 is 23.1 Å². The number of ether oxygens (including phenoxy) is 1. The number of hydrogen-bond acceptors (Lipinski definition) is 4. The highest BCUT2D eigenvalue weighted by molar-refractivity contribution is 9.10. The molecule has 2 N–H and O–H groups in total. The molecular weight excluding hydrogens is 362 g/mol. The largest absolute Gasteiger partial charge is 0.495 e. The summed E-state index contributed by atoms with van der Waals surface area (Å²) < 4.78 is 32.5. The van der Waals surface area contributed by atoms with Crippen LogP contribution in [0.1, 0.15) is 26.2 Å². The number of carbonyl (C=O) groups is 1. The van der Waals surface area contributed by atoms with Gasteiger partial charge in [0.2, 0.25) is 10.0 Å². The number of methoxy groups -OCH3 is 1. The van der Waals surface area contributed by atoms with Gasteiger partial charge in [-0.25, -0.2) is 8.42 Å². The van der Waals surface area contributed by atoms with Gasteiger partial charge in [-0.3, -0.25) is 4.79 Å². The quantitative estimate of drug-likeness (QED) is 0.723. The summed E-state index contributed by atoms with van der Waals surface area (Å²) in [6.45, 7) is 1.91. The average molecular weight is 380 g/mol. The fourth-order valence-corrected chi connectivity index (χ4v) is 3.68. The number of sulfonamides is 1. The second-order valence-electron chi connectivity index (χ2n) is 4.45. The van der Waals surface area contributed by atoms with Gasteiger partial charge in [-0.2, -0.15) is 4.72 Å². The van der Waals surface area contributed by atoms with Crippen LogP contribution in [-0.2, 0) is 14.8 Å². The van der Waals surface area contributed by atoms with Crippen molar-refractivity contribution in [2.45, 2.75) is 37.1 Å². The Morgan fingerprint density at radius 2 is 2.14 bits per heavy atom. The van der Waals surface area contributed by atoms with E-state index < -0.39 is 22.0 Å². The van der Waals surface area contributed by atoms with E-state index in [1.165, 1.54) is 19.2 Å². The molecule has 0 aliphatic carbocycles. The van der Waals surface area contributed by atoms with E-state index in [0.29, 0.717) is 10.9 Å².